The molecule has 2 heterocycles. The van der Waals surface area contributed by atoms with E-state index in [4.69, 9.17) is 11.6 Å². The average molecular weight is 556 g/mol. The van der Waals surface area contributed by atoms with Crippen LogP contribution in [0.25, 0.3) is 5.69 Å². The molecule has 0 unspecified atom stereocenters. The van der Waals surface area contributed by atoms with Crippen LogP contribution < -0.4 is 21.1 Å². The van der Waals surface area contributed by atoms with E-state index in [-0.39, 0.29) is 22.0 Å². The molecule has 5 rings (SSSR count). The van der Waals surface area contributed by atoms with Crippen LogP contribution in [-0.4, -0.2) is 27.1 Å². The number of amides is 3. The Balaban J connectivity index is 1.33. The first-order valence-electron chi connectivity index (χ1n) is 12.6. The van der Waals surface area contributed by atoms with Crippen LogP contribution in [-0.2, 0) is 23.1 Å². The molecule has 0 radical (unpaired) electrons. The molecule has 1 aromatic heterocycles. The van der Waals surface area contributed by atoms with E-state index in [1.165, 1.54) is 4.68 Å². The first kappa shape index (κ1) is 26.7. The number of benzene rings is 3. The van der Waals surface area contributed by atoms with Gasteiger partial charge >= 0.3 is 0 Å². The van der Waals surface area contributed by atoms with Gasteiger partial charge in [0.15, 0.2) is 0 Å². The molecule has 1 aliphatic heterocycles. The maximum atomic E-state index is 13.2. The fraction of sp³-hybridized carbons (Fsp3) is 0.133. The maximum Gasteiger partial charge on any atom is 0.295 e. The van der Waals surface area contributed by atoms with Gasteiger partial charge in [0.25, 0.3) is 23.3 Å². The second-order valence-electron chi connectivity index (χ2n) is 9.21. The van der Waals surface area contributed by atoms with Gasteiger partial charge in [-0.2, -0.15) is 0 Å². The van der Waals surface area contributed by atoms with Crippen molar-refractivity contribution in [1.82, 2.24) is 9.36 Å². The number of rotatable bonds is 7. The lowest BCUT2D eigenvalue weighted by molar-refractivity contribution is -0.120. The second kappa shape index (κ2) is 10.7. The van der Waals surface area contributed by atoms with E-state index in [1.54, 1.807) is 55.1 Å². The number of aryl methyl sites for hydroxylation is 1. The minimum absolute atomic E-state index is 0.0452. The number of para-hydroxylation sites is 2. The summed E-state index contributed by atoms with van der Waals surface area (Å²) < 4.78 is 3.16. The van der Waals surface area contributed by atoms with Gasteiger partial charge in [-0.25, -0.2) is 9.58 Å². The number of halogens is 1. The standard InChI is InChI=1S/C30H26ClN5O4/c1-4-19-10-8-9-13-23(19)35-28(38)24(31)26(29(35)39)32-21-16-14-20(15-17-21)27(37)33-25-18(2)34(3)36(30(25)40)22-11-6-5-7-12-22/h5-17,32H,4H2,1-3H3,(H,33,37). The van der Waals surface area contributed by atoms with Crippen LogP contribution in [0.3, 0.4) is 0 Å². The summed E-state index contributed by atoms with van der Waals surface area (Å²) in [6.07, 6.45) is 0.639. The number of hydrogen-bond acceptors (Lipinski definition) is 5. The summed E-state index contributed by atoms with van der Waals surface area (Å²) in [5.74, 6) is -1.64. The monoisotopic (exact) mass is 555 g/mol. The fourth-order valence-corrected chi connectivity index (χ4v) is 4.82. The van der Waals surface area contributed by atoms with E-state index in [1.807, 2.05) is 49.4 Å². The van der Waals surface area contributed by atoms with Crippen LogP contribution in [0.15, 0.2) is 94.4 Å². The zero-order chi connectivity index (χ0) is 28.6. The molecular weight excluding hydrogens is 530 g/mol. The van der Waals surface area contributed by atoms with Crippen molar-refractivity contribution in [1.29, 1.82) is 0 Å². The zero-order valence-corrected chi connectivity index (χ0v) is 22.8. The molecule has 0 bridgehead atoms. The summed E-state index contributed by atoms with van der Waals surface area (Å²) >= 11 is 6.28. The Bertz CT molecular complexity index is 1740. The van der Waals surface area contributed by atoms with E-state index in [0.29, 0.717) is 34.7 Å². The van der Waals surface area contributed by atoms with Gasteiger partial charge in [0.05, 0.1) is 17.1 Å². The predicted octanol–water partition coefficient (Wildman–Crippen LogP) is 4.73. The predicted molar refractivity (Wildman–Crippen MR) is 155 cm³/mol. The van der Waals surface area contributed by atoms with Crippen LogP contribution in [0.4, 0.5) is 17.1 Å². The molecule has 2 N–H and O–H groups in total. The molecule has 40 heavy (non-hydrogen) atoms. The number of carbonyl (C=O) groups is 3. The van der Waals surface area contributed by atoms with Crippen LogP contribution in [0, 0.1) is 6.92 Å². The van der Waals surface area contributed by atoms with E-state index in [9.17, 15) is 19.2 Å². The molecule has 3 aromatic carbocycles. The summed E-state index contributed by atoms with van der Waals surface area (Å²) in [6, 6.07) is 22.6. The second-order valence-corrected chi connectivity index (χ2v) is 9.59. The summed E-state index contributed by atoms with van der Waals surface area (Å²) in [7, 11) is 1.75. The number of carbonyl (C=O) groups excluding carboxylic acids is 3. The van der Waals surface area contributed by atoms with Crippen molar-refractivity contribution < 1.29 is 14.4 Å². The van der Waals surface area contributed by atoms with Crippen molar-refractivity contribution in [3.05, 3.63) is 117 Å². The van der Waals surface area contributed by atoms with Crippen molar-refractivity contribution >= 4 is 46.4 Å². The summed E-state index contributed by atoms with van der Waals surface area (Å²) in [6.45, 7) is 3.69. The van der Waals surface area contributed by atoms with Crippen LogP contribution in [0.1, 0.15) is 28.5 Å². The first-order valence-corrected chi connectivity index (χ1v) is 13.0. The molecule has 0 fully saturated rings. The quantitative estimate of drug-likeness (QED) is 0.321. The highest BCUT2D eigenvalue weighted by molar-refractivity contribution is 6.53. The van der Waals surface area contributed by atoms with Crippen molar-refractivity contribution in [3.63, 3.8) is 0 Å². The van der Waals surface area contributed by atoms with Crippen LogP contribution in [0.5, 0.6) is 0 Å². The number of nitrogens with zero attached hydrogens (tertiary/aromatic N) is 3. The fourth-order valence-electron chi connectivity index (χ4n) is 4.61. The third-order valence-corrected chi connectivity index (χ3v) is 7.20. The molecule has 9 nitrogen and oxygen atoms in total. The summed E-state index contributed by atoms with van der Waals surface area (Å²) in [4.78, 5) is 53.2. The molecule has 0 aliphatic carbocycles. The number of imide groups is 1. The lowest BCUT2D eigenvalue weighted by Crippen LogP contribution is -2.33. The average Bonchev–Trinajstić information content (AvgIpc) is 3.31. The molecule has 1 aliphatic rings. The molecule has 0 saturated carbocycles. The summed E-state index contributed by atoms with van der Waals surface area (Å²) in [5.41, 5.74) is 3.15. The molecular formula is C30H26ClN5O4. The smallest absolute Gasteiger partial charge is 0.295 e. The molecule has 0 saturated heterocycles. The van der Waals surface area contributed by atoms with Crippen molar-refractivity contribution in [2.45, 2.75) is 20.3 Å². The Morgan fingerprint density at radius 1 is 0.875 bits per heavy atom. The highest BCUT2D eigenvalue weighted by atomic mass is 35.5. The molecule has 10 heteroatoms. The maximum absolute atomic E-state index is 13.2. The van der Waals surface area contributed by atoms with E-state index in [2.05, 4.69) is 10.6 Å². The molecule has 3 amide bonds. The first-order chi connectivity index (χ1) is 19.2. The topological polar surface area (TPSA) is 105 Å². The Morgan fingerprint density at radius 3 is 2.20 bits per heavy atom. The number of aromatic nitrogens is 2. The molecule has 0 spiro atoms. The third kappa shape index (κ3) is 4.60. The highest BCUT2D eigenvalue weighted by Gasteiger charge is 2.39. The molecule has 4 aromatic rings. The van der Waals surface area contributed by atoms with Crippen molar-refractivity contribution in [3.8, 4) is 5.69 Å². The lowest BCUT2D eigenvalue weighted by atomic mass is 10.1. The van der Waals surface area contributed by atoms with Gasteiger partial charge in [0, 0.05) is 18.3 Å². The van der Waals surface area contributed by atoms with E-state index >= 15 is 0 Å². The minimum Gasteiger partial charge on any atom is -0.350 e. The van der Waals surface area contributed by atoms with Gasteiger partial charge < -0.3 is 10.6 Å². The zero-order valence-electron chi connectivity index (χ0n) is 22.1. The minimum atomic E-state index is -0.606. The number of hydrogen-bond donors (Lipinski definition) is 2. The van der Waals surface area contributed by atoms with E-state index < -0.39 is 17.7 Å². The van der Waals surface area contributed by atoms with Gasteiger partial charge in [-0.3, -0.25) is 23.9 Å². The molecule has 0 atom stereocenters. The Hall–Kier alpha value is -4.89. The Labute approximate surface area is 235 Å². The number of nitrogens with one attached hydrogen (secondary N) is 2. The molecule has 202 valence electrons. The Morgan fingerprint density at radius 2 is 1.52 bits per heavy atom. The van der Waals surface area contributed by atoms with Crippen molar-refractivity contribution in [2.75, 3.05) is 15.5 Å². The SMILES string of the molecule is CCc1ccccc1N1C(=O)C(Cl)=C(Nc2ccc(C(=O)Nc3c(C)n(C)n(-c4ccccc4)c3=O)cc2)C1=O. The van der Waals surface area contributed by atoms with Gasteiger partial charge in [0.2, 0.25) is 0 Å². The largest absolute Gasteiger partial charge is 0.350 e. The van der Waals surface area contributed by atoms with E-state index in [0.717, 1.165) is 10.5 Å². The van der Waals surface area contributed by atoms with Crippen LogP contribution in [0.2, 0.25) is 0 Å². The van der Waals surface area contributed by atoms with Crippen molar-refractivity contribution in [2.24, 2.45) is 7.05 Å². The van der Waals surface area contributed by atoms with Gasteiger partial charge in [-0.15, -0.1) is 0 Å². The third-order valence-electron chi connectivity index (χ3n) is 6.85. The van der Waals surface area contributed by atoms with Gasteiger partial charge in [0.1, 0.15) is 16.4 Å². The number of anilines is 3. The highest BCUT2D eigenvalue weighted by Crippen LogP contribution is 2.32. The van der Waals surface area contributed by atoms with Gasteiger partial charge in [-0.05, 0) is 61.4 Å². The summed E-state index contributed by atoms with van der Waals surface area (Å²) in [5, 5.41) is 5.43. The van der Waals surface area contributed by atoms with Crippen LogP contribution >= 0.6 is 11.6 Å². The lowest BCUT2D eigenvalue weighted by Gasteiger charge is -2.18. The normalized spacial score (nSPS) is 13.2. The Kier molecular flexibility index (Phi) is 7.15. The van der Waals surface area contributed by atoms with Gasteiger partial charge in [-0.1, -0.05) is 54.9 Å².